The van der Waals surface area contributed by atoms with Crippen LogP contribution in [0.3, 0.4) is 0 Å². The Bertz CT molecular complexity index is 528. The number of hydrogen-bond acceptors (Lipinski definition) is 2. The molecule has 2 aliphatic rings. The van der Waals surface area contributed by atoms with Crippen LogP contribution in [-0.4, -0.2) is 34.5 Å². The number of carboxylic acid groups (broad SMARTS) is 1. The van der Waals surface area contributed by atoms with Crippen molar-refractivity contribution < 1.29 is 14.7 Å². The van der Waals surface area contributed by atoms with Crippen molar-refractivity contribution in [1.29, 1.82) is 0 Å². The Labute approximate surface area is 124 Å². The van der Waals surface area contributed by atoms with Crippen molar-refractivity contribution in [3.63, 3.8) is 0 Å². The van der Waals surface area contributed by atoms with Gasteiger partial charge in [0.2, 0.25) is 5.91 Å². The van der Waals surface area contributed by atoms with E-state index in [9.17, 15) is 9.59 Å². The summed E-state index contributed by atoms with van der Waals surface area (Å²) in [5.74, 6) is -1.50. The maximum Gasteiger partial charge on any atom is 0.307 e. The molecule has 1 saturated heterocycles. The molecule has 2 fully saturated rings. The topological polar surface area (TPSA) is 57.6 Å². The van der Waals surface area contributed by atoms with E-state index in [1.807, 2.05) is 23.1 Å². The van der Waals surface area contributed by atoms with Gasteiger partial charge < -0.3 is 10.0 Å². The van der Waals surface area contributed by atoms with Crippen molar-refractivity contribution in [2.24, 2.45) is 11.8 Å². The zero-order valence-corrected chi connectivity index (χ0v) is 12.1. The first-order valence-corrected chi connectivity index (χ1v) is 7.74. The molecule has 1 amide bonds. The van der Waals surface area contributed by atoms with Crippen LogP contribution in [0.2, 0.25) is 0 Å². The normalized spacial score (nSPS) is 28.2. The molecule has 0 bridgehead atoms. The SMILES string of the molecule is O=C(O)C1CC1C(=O)N1CCCCC1Cc1ccccc1. The molecule has 21 heavy (non-hydrogen) atoms. The molecule has 0 spiro atoms. The molecule has 1 N–H and O–H groups in total. The van der Waals surface area contributed by atoms with E-state index in [1.165, 1.54) is 5.56 Å². The van der Waals surface area contributed by atoms with E-state index in [0.29, 0.717) is 6.42 Å². The second-order valence-electron chi connectivity index (χ2n) is 6.16. The number of rotatable bonds is 4. The van der Waals surface area contributed by atoms with E-state index >= 15 is 0 Å². The summed E-state index contributed by atoms with van der Waals surface area (Å²) in [5.41, 5.74) is 1.24. The van der Waals surface area contributed by atoms with Gasteiger partial charge in [-0.1, -0.05) is 30.3 Å². The molecule has 3 rings (SSSR count). The highest BCUT2D eigenvalue weighted by molar-refractivity contribution is 5.89. The lowest BCUT2D eigenvalue weighted by atomic mass is 9.95. The van der Waals surface area contributed by atoms with Gasteiger partial charge in [-0.15, -0.1) is 0 Å². The number of likely N-dealkylation sites (tertiary alicyclic amines) is 1. The Kier molecular flexibility index (Phi) is 3.95. The number of amides is 1. The number of nitrogens with zero attached hydrogens (tertiary/aromatic N) is 1. The zero-order chi connectivity index (χ0) is 14.8. The Morgan fingerprint density at radius 3 is 2.57 bits per heavy atom. The molecule has 4 heteroatoms. The van der Waals surface area contributed by atoms with Gasteiger partial charge in [0, 0.05) is 12.6 Å². The van der Waals surface area contributed by atoms with Gasteiger partial charge in [-0.05, 0) is 37.7 Å². The van der Waals surface area contributed by atoms with Crippen LogP contribution in [0, 0.1) is 11.8 Å². The predicted molar refractivity (Wildman–Crippen MR) is 78.7 cm³/mol. The highest BCUT2D eigenvalue weighted by atomic mass is 16.4. The Hall–Kier alpha value is -1.84. The van der Waals surface area contributed by atoms with Crippen LogP contribution in [0.5, 0.6) is 0 Å². The minimum absolute atomic E-state index is 0.0584. The summed E-state index contributed by atoms with van der Waals surface area (Å²) >= 11 is 0. The number of benzene rings is 1. The lowest BCUT2D eigenvalue weighted by molar-refractivity contribution is -0.143. The minimum Gasteiger partial charge on any atom is -0.481 e. The van der Waals surface area contributed by atoms with E-state index < -0.39 is 11.9 Å². The summed E-state index contributed by atoms with van der Waals surface area (Å²) in [6.45, 7) is 0.777. The van der Waals surface area contributed by atoms with Crippen LogP contribution in [-0.2, 0) is 16.0 Å². The fraction of sp³-hybridized carbons (Fsp3) is 0.529. The standard InChI is InChI=1S/C17H21NO3/c19-16(14-11-15(14)17(20)21)18-9-5-4-8-13(18)10-12-6-2-1-3-7-12/h1-3,6-7,13-15H,4-5,8-11H2,(H,20,21). The summed E-state index contributed by atoms with van der Waals surface area (Å²) in [6.07, 6.45) is 4.58. The third-order valence-electron chi connectivity index (χ3n) is 4.65. The first-order chi connectivity index (χ1) is 10.2. The van der Waals surface area contributed by atoms with Crippen molar-refractivity contribution in [1.82, 2.24) is 4.90 Å². The van der Waals surface area contributed by atoms with Gasteiger partial charge in [0.15, 0.2) is 0 Å². The van der Waals surface area contributed by atoms with Crippen molar-refractivity contribution in [3.8, 4) is 0 Å². The first-order valence-electron chi connectivity index (χ1n) is 7.74. The number of carboxylic acids is 1. The van der Waals surface area contributed by atoms with Gasteiger partial charge in [-0.25, -0.2) is 0 Å². The molecule has 3 unspecified atom stereocenters. The molecule has 1 saturated carbocycles. The first kappa shape index (κ1) is 14.1. The Balaban J connectivity index is 1.67. The average Bonchev–Trinajstić information content (AvgIpc) is 3.29. The Morgan fingerprint density at radius 1 is 1.14 bits per heavy atom. The van der Waals surface area contributed by atoms with Crippen molar-refractivity contribution in [2.45, 2.75) is 38.1 Å². The molecular formula is C17H21NO3. The third kappa shape index (κ3) is 3.09. The van der Waals surface area contributed by atoms with Crippen molar-refractivity contribution >= 4 is 11.9 Å². The number of hydrogen-bond donors (Lipinski definition) is 1. The second kappa shape index (κ2) is 5.88. The van der Waals surface area contributed by atoms with Crippen LogP contribution in [0.15, 0.2) is 30.3 Å². The summed E-state index contributed by atoms with van der Waals surface area (Å²) in [6, 6.07) is 10.4. The molecule has 1 aliphatic carbocycles. The maximum atomic E-state index is 12.5. The van der Waals surface area contributed by atoms with E-state index in [2.05, 4.69) is 12.1 Å². The lowest BCUT2D eigenvalue weighted by Gasteiger charge is -2.36. The van der Waals surface area contributed by atoms with Gasteiger partial charge in [0.1, 0.15) is 0 Å². The molecule has 0 radical (unpaired) electrons. The summed E-state index contributed by atoms with van der Waals surface area (Å²) < 4.78 is 0. The van der Waals surface area contributed by atoms with Crippen LogP contribution < -0.4 is 0 Å². The molecule has 0 aromatic heterocycles. The van der Waals surface area contributed by atoms with E-state index in [-0.39, 0.29) is 17.9 Å². The zero-order valence-electron chi connectivity index (χ0n) is 12.1. The number of carbonyl (C=O) groups is 2. The summed E-state index contributed by atoms with van der Waals surface area (Å²) in [7, 11) is 0. The smallest absolute Gasteiger partial charge is 0.307 e. The number of piperidine rings is 1. The molecular weight excluding hydrogens is 266 g/mol. The monoisotopic (exact) mass is 287 g/mol. The van der Waals surface area contributed by atoms with E-state index in [0.717, 1.165) is 32.2 Å². The van der Waals surface area contributed by atoms with Crippen LogP contribution in [0.4, 0.5) is 0 Å². The second-order valence-corrected chi connectivity index (χ2v) is 6.16. The maximum absolute atomic E-state index is 12.5. The summed E-state index contributed by atoms with van der Waals surface area (Å²) in [4.78, 5) is 25.4. The predicted octanol–water partition coefficient (Wildman–Crippen LogP) is 2.33. The highest BCUT2D eigenvalue weighted by Gasteiger charge is 2.50. The molecule has 1 aliphatic heterocycles. The van der Waals surface area contributed by atoms with E-state index in [1.54, 1.807) is 0 Å². The van der Waals surface area contributed by atoms with Gasteiger partial charge >= 0.3 is 5.97 Å². The molecule has 1 aromatic carbocycles. The summed E-state index contributed by atoms with van der Waals surface area (Å²) in [5, 5.41) is 9.00. The lowest BCUT2D eigenvalue weighted by Crippen LogP contribution is -2.46. The molecule has 1 aromatic rings. The van der Waals surface area contributed by atoms with Gasteiger partial charge in [-0.3, -0.25) is 9.59 Å². The van der Waals surface area contributed by atoms with Gasteiger partial charge in [-0.2, -0.15) is 0 Å². The quantitative estimate of drug-likeness (QED) is 0.924. The number of aliphatic carboxylic acids is 1. The minimum atomic E-state index is -0.829. The largest absolute Gasteiger partial charge is 0.481 e. The van der Waals surface area contributed by atoms with E-state index in [4.69, 9.17) is 5.11 Å². The van der Waals surface area contributed by atoms with Crippen molar-refractivity contribution in [2.75, 3.05) is 6.54 Å². The van der Waals surface area contributed by atoms with Crippen molar-refractivity contribution in [3.05, 3.63) is 35.9 Å². The molecule has 4 nitrogen and oxygen atoms in total. The molecule has 1 heterocycles. The van der Waals surface area contributed by atoms with Gasteiger partial charge in [0.25, 0.3) is 0 Å². The molecule has 112 valence electrons. The van der Waals surface area contributed by atoms with Crippen LogP contribution in [0.1, 0.15) is 31.2 Å². The van der Waals surface area contributed by atoms with Crippen LogP contribution >= 0.6 is 0 Å². The fourth-order valence-electron chi connectivity index (χ4n) is 3.34. The fourth-order valence-corrected chi connectivity index (χ4v) is 3.34. The van der Waals surface area contributed by atoms with Crippen LogP contribution in [0.25, 0.3) is 0 Å². The Morgan fingerprint density at radius 2 is 1.90 bits per heavy atom. The third-order valence-corrected chi connectivity index (χ3v) is 4.65. The molecule has 3 atom stereocenters. The highest BCUT2D eigenvalue weighted by Crippen LogP contribution is 2.41. The van der Waals surface area contributed by atoms with Gasteiger partial charge in [0.05, 0.1) is 11.8 Å². The average molecular weight is 287 g/mol. The number of carbonyl (C=O) groups excluding carboxylic acids is 1.